The Morgan fingerprint density at radius 3 is 2.70 bits per heavy atom. The summed E-state index contributed by atoms with van der Waals surface area (Å²) < 4.78 is 5.25. The Hall–Kier alpha value is -2.11. The van der Waals surface area contributed by atoms with Crippen molar-refractivity contribution in [2.24, 2.45) is 0 Å². The minimum atomic E-state index is -0.648. The molecule has 0 radical (unpaired) electrons. The normalized spacial score (nSPS) is 13.1. The maximum Gasteiger partial charge on any atom is 0.349 e. The van der Waals surface area contributed by atoms with E-state index in [1.54, 1.807) is 24.3 Å². The van der Waals surface area contributed by atoms with Gasteiger partial charge in [-0.15, -0.1) is 11.3 Å². The van der Waals surface area contributed by atoms with E-state index < -0.39 is 11.9 Å². The Bertz CT molecular complexity index is 751. The third kappa shape index (κ3) is 2.11. The Kier molecular flexibility index (Phi) is 3.08. The van der Waals surface area contributed by atoms with E-state index in [1.165, 1.54) is 11.3 Å². The van der Waals surface area contributed by atoms with Crippen molar-refractivity contribution in [1.29, 1.82) is 0 Å². The number of benzene rings is 1. The first-order valence-electron chi connectivity index (χ1n) is 5.67. The Labute approximate surface area is 123 Å². The Morgan fingerprint density at radius 2 is 2.00 bits per heavy atom. The van der Waals surface area contributed by atoms with Gasteiger partial charge in [-0.25, -0.2) is 9.59 Å². The minimum absolute atomic E-state index is 0.237. The third-order valence-electron chi connectivity index (χ3n) is 2.83. The molecule has 0 amide bonds. The number of thiophene rings is 1. The summed E-state index contributed by atoms with van der Waals surface area (Å²) >= 11 is 7.24. The van der Waals surface area contributed by atoms with Gasteiger partial charge < -0.3 is 10.1 Å². The van der Waals surface area contributed by atoms with Crippen LogP contribution in [0.2, 0.25) is 4.34 Å². The molecule has 1 N–H and O–H groups in total. The number of rotatable bonds is 3. The van der Waals surface area contributed by atoms with Crippen LogP contribution in [-0.4, -0.2) is 11.9 Å². The van der Waals surface area contributed by atoms with Crippen LogP contribution in [0.5, 0.6) is 0 Å². The van der Waals surface area contributed by atoms with Gasteiger partial charge >= 0.3 is 11.9 Å². The van der Waals surface area contributed by atoms with Crippen LogP contribution in [-0.2, 0) is 4.74 Å². The molecule has 0 unspecified atom stereocenters. The molecular formula is C14H8ClNO3S. The Balaban J connectivity index is 1.95. The van der Waals surface area contributed by atoms with E-state index in [0.29, 0.717) is 15.7 Å². The molecule has 4 nitrogen and oxygen atoms in total. The lowest BCUT2D eigenvalue weighted by atomic mass is 10.1. The van der Waals surface area contributed by atoms with Gasteiger partial charge in [-0.05, 0) is 24.3 Å². The molecule has 2 heterocycles. The second-order valence-electron chi connectivity index (χ2n) is 4.11. The summed E-state index contributed by atoms with van der Waals surface area (Å²) in [4.78, 5) is 24.0. The Morgan fingerprint density at radius 1 is 1.20 bits per heavy atom. The number of esters is 2. The number of hydrogen-bond donors (Lipinski definition) is 1. The number of nitrogens with one attached hydrogen (secondary N) is 1. The number of fused-ring (bicyclic) bond motifs is 1. The van der Waals surface area contributed by atoms with E-state index in [1.807, 2.05) is 6.07 Å². The summed E-state index contributed by atoms with van der Waals surface area (Å²) in [7, 11) is 0. The molecule has 6 heteroatoms. The van der Waals surface area contributed by atoms with Crippen molar-refractivity contribution in [3.63, 3.8) is 0 Å². The molecular weight excluding hydrogens is 298 g/mol. The van der Waals surface area contributed by atoms with E-state index in [-0.39, 0.29) is 11.1 Å². The lowest BCUT2D eigenvalue weighted by Crippen LogP contribution is -2.03. The molecule has 0 bridgehead atoms. The molecule has 1 aromatic heterocycles. The van der Waals surface area contributed by atoms with Crippen molar-refractivity contribution in [2.45, 2.75) is 0 Å². The fourth-order valence-electron chi connectivity index (χ4n) is 1.94. The van der Waals surface area contributed by atoms with Crippen LogP contribution in [0, 0.1) is 0 Å². The van der Waals surface area contributed by atoms with Gasteiger partial charge in [0, 0.05) is 5.70 Å². The maximum atomic E-state index is 11.7. The quantitative estimate of drug-likeness (QED) is 0.692. The maximum absolute atomic E-state index is 11.7. The summed E-state index contributed by atoms with van der Waals surface area (Å²) in [5.41, 5.74) is 1.59. The standard InChI is InChI=1S/C14H8ClNO3S/c1-7(10-5-6-11(15)20-10)16-9-4-2-3-8-12(9)14(18)19-13(8)17/h2-6,16H,1H2. The molecule has 2 aromatic rings. The van der Waals surface area contributed by atoms with Gasteiger partial charge in [0.2, 0.25) is 0 Å². The van der Waals surface area contributed by atoms with Gasteiger partial charge in [0.15, 0.2) is 0 Å². The highest BCUT2D eigenvalue weighted by Crippen LogP contribution is 2.32. The van der Waals surface area contributed by atoms with Crippen molar-refractivity contribution in [3.05, 3.63) is 57.3 Å². The SMILES string of the molecule is C=C(Nc1cccc2c1C(=O)OC2=O)c1ccc(Cl)s1. The second kappa shape index (κ2) is 4.77. The lowest BCUT2D eigenvalue weighted by molar-refractivity contribution is 0.0444. The highest BCUT2D eigenvalue weighted by Gasteiger charge is 2.32. The molecule has 0 saturated carbocycles. The molecule has 0 fully saturated rings. The minimum Gasteiger partial charge on any atom is -0.386 e. The van der Waals surface area contributed by atoms with E-state index >= 15 is 0 Å². The fraction of sp³-hybridized carbons (Fsp3) is 0. The zero-order valence-corrected chi connectivity index (χ0v) is 11.7. The van der Waals surface area contributed by atoms with Gasteiger partial charge in [0.1, 0.15) is 0 Å². The number of anilines is 1. The molecule has 0 spiro atoms. The van der Waals surface area contributed by atoms with Crippen molar-refractivity contribution in [3.8, 4) is 0 Å². The first-order chi connectivity index (χ1) is 9.56. The number of carbonyl (C=O) groups is 2. The fourth-order valence-corrected chi connectivity index (χ4v) is 2.91. The number of hydrogen-bond acceptors (Lipinski definition) is 5. The molecule has 20 heavy (non-hydrogen) atoms. The second-order valence-corrected chi connectivity index (χ2v) is 5.83. The van der Waals surface area contributed by atoms with Crippen LogP contribution in [0.1, 0.15) is 25.6 Å². The molecule has 0 aliphatic carbocycles. The monoisotopic (exact) mass is 305 g/mol. The van der Waals surface area contributed by atoms with E-state index in [0.717, 1.165) is 4.88 Å². The van der Waals surface area contributed by atoms with Crippen molar-refractivity contribution >= 4 is 46.3 Å². The molecule has 0 saturated heterocycles. The molecule has 100 valence electrons. The largest absolute Gasteiger partial charge is 0.386 e. The first-order valence-corrected chi connectivity index (χ1v) is 6.87. The van der Waals surface area contributed by atoms with Crippen LogP contribution >= 0.6 is 22.9 Å². The van der Waals surface area contributed by atoms with Crippen molar-refractivity contribution in [2.75, 3.05) is 5.32 Å². The van der Waals surface area contributed by atoms with Crippen LogP contribution < -0.4 is 5.32 Å². The number of carbonyl (C=O) groups excluding carboxylic acids is 2. The first kappa shape index (κ1) is 12.9. The molecule has 3 rings (SSSR count). The van der Waals surface area contributed by atoms with E-state index in [4.69, 9.17) is 11.6 Å². The molecule has 0 atom stereocenters. The molecule has 1 aliphatic rings. The van der Waals surface area contributed by atoms with Gasteiger partial charge in [0.25, 0.3) is 0 Å². The zero-order valence-electron chi connectivity index (χ0n) is 10.1. The van der Waals surface area contributed by atoms with E-state index in [9.17, 15) is 9.59 Å². The van der Waals surface area contributed by atoms with Gasteiger partial charge in [-0.1, -0.05) is 24.2 Å². The number of halogens is 1. The predicted octanol–water partition coefficient (Wildman–Crippen LogP) is 3.79. The summed E-state index contributed by atoms with van der Waals surface area (Å²) in [5, 5.41) is 3.03. The van der Waals surface area contributed by atoms with Crippen LogP contribution in [0.4, 0.5) is 5.69 Å². The van der Waals surface area contributed by atoms with Crippen molar-refractivity contribution < 1.29 is 14.3 Å². The van der Waals surface area contributed by atoms with Crippen LogP contribution in [0.15, 0.2) is 36.9 Å². The predicted molar refractivity (Wildman–Crippen MR) is 78.2 cm³/mol. The smallest absolute Gasteiger partial charge is 0.349 e. The van der Waals surface area contributed by atoms with Gasteiger partial charge in [-0.3, -0.25) is 0 Å². The highest BCUT2D eigenvalue weighted by atomic mass is 35.5. The van der Waals surface area contributed by atoms with Gasteiger partial charge in [-0.2, -0.15) is 0 Å². The number of cyclic esters (lactones) is 2. The summed E-state index contributed by atoms with van der Waals surface area (Å²) in [6.07, 6.45) is 0. The lowest BCUT2D eigenvalue weighted by Gasteiger charge is -2.09. The van der Waals surface area contributed by atoms with E-state index in [2.05, 4.69) is 16.6 Å². The average Bonchev–Trinajstić information content (AvgIpc) is 2.96. The number of ether oxygens (including phenoxy) is 1. The summed E-state index contributed by atoms with van der Waals surface area (Å²) in [6.45, 7) is 3.91. The highest BCUT2D eigenvalue weighted by molar-refractivity contribution is 7.17. The van der Waals surface area contributed by atoms with Crippen molar-refractivity contribution in [1.82, 2.24) is 0 Å². The summed E-state index contributed by atoms with van der Waals surface area (Å²) in [5.74, 6) is -1.27. The average molecular weight is 306 g/mol. The molecule has 1 aliphatic heterocycles. The molecule has 1 aromatic carbocycles. The third-order valence-corrected chi connectivity index (χ3v) is 4.12. The van der Waals surface area contributed by atoms with Crippen LogP contribution in [0.25, 0.3) is 5.70 Å². The zero-order chi connectivity index (χ0) is 14.3. The van der Waals surface area contributed by atoms with Crippen LogP contribution in [0.3, 0.4) is 0 Å². The van der Waals surface area contributed by atoms with Gasteiger partial charge in [0.05, 0.1) is 26.0 Å². The topological polar surface area (TPSA) is 55.4 Å². The summed E-state index contributed by atoms with van der Waals surface area (Å²) in [6, 6.07) is 8.52.